The first-order valence-electron chi connectivity index (χ1n) is 5.97. The molecule has 0 spiro atoms. The molecule has 1 N–H and O–H groups in total. The Kier molecular flexibility index (Phi) is 4.03. The largest absolute Gasteiger partial charge is 0.271 e. The van der Waals surface area contributed by atoms with Crippen molar-refractivity contribution in [3.63, 3.8) is 0 Å². The van der Waals surface area contributed by atoms with Crippen molar-refractivity contribution in [1.29, 1.82) is 0 Å². The lowest BCUT2D eigenvalue weighted by molar-refractivity contribution is 0.0955. The Morgan fingerprint density at radius 2 is 2.11 bits per heavy atom. The summed E-state index contributed by atoms with van der Waals surface area (Å²) >= 11 is 0. The Bertz CT molecular complexity index is 606. The maximum absolute atomic E-state index is 11.9. The van der Waals surface area contributed by atoms with Crippen LogP contribution in [0, 0.1) is 13.8 Å². The zero-order chi connectivity index (χ0) is 13.7. The molecule has 1 aromatic carbocycles. The van der Waals surface area contributed by atoms with Crippen molar-refractivity contribution in [3.8, 4) is 0 Å². The van der Waals surface area contributed by atoms with Gasteiger partial charge in [-0.3, -0.25) is 9.78 Å². The number of aromatic nitrogens is 1. The third kappa shape index (κ3) is 3.48. The molecule has 0 saturated carbocycles. The molecule has 0 aliphatic rings. The highest BCUT2D eigenvalue weighted by molar-refractivity contribution is 5.95. The molecule has 0 radical (unpaired) electrons. The summed E-state index contributed by atoms with van der Waals surface area (Å²) in [6.45, 7) is 3.99. The normalized spacial score (nSPS) is 10.6. The molecular weight excluding hydrogens is 238 g/mol. The molecule has 0 aliphatic heterocycles. The summed E-state index contributed by atoms with van der Waals surface area (Å²) in [5.74, 6) is -0.219. The first-order valence-corrected chi connectivity index (χ1v) is 5.97. The summed E-state index contributed by atoms with van der Waals surface area (Å²) in [5, 5.41) is 3.91. The molecule has 2 aromatic rings. The third-order valence-electron chi connectivity index (χ3n) is 2.83. The van der Waals surface area contributed by atoms with E-state index in [0.29, 0.717) is 5.56 Å². The van der Waals surface area contributed by atoms with Crippen molar-refractivity contribution in [2.24, 2.45) is 5.10 Å². The van der Waals surface area contributed by atoms with Crippen LogP contribution in [0.3, 0.4) is 0 Å². The van der Waals surface area contributed by atoms with Crippen LogP contribution >= 0.6 is 0 Å². The maximum atomic E-state index is 11.9. The first-order chi connectivity index (χ1) is 9.16. The molecule has 0 bridgehead atoms. The van der Waals surface area contributed by atoms with E-state index in [9.17, 15) is 4.79 Å². The van der Waals surface area contributed by atoms with E-state index in [1.54, 1.807) is 24.7 Å². The van der Waals surface area contributed by atoms with E-state index < -0.39 is 0 Å². The number of hydrazone groups is 1. The lowest BCUT2D eigenvalue weighted by atomic mass is 10.1. The van der Waals surface area contributed by atoms with Crippen molar-refractivity contribution in [1.82, 2.24) is 10.4 Å². The van der Waals surface area contributed by atoms with Gasteiger partial charge in [-0.2, -0.15) is 5.10 Å². The highest BCUT2D eigenvalue weighted by atomic mass is 16.2. The quantitative estimate of drug-likeness (QED) is 0.674. The van der Waals surface area contributed by atoms with Crippen LogP contribution < -0.4 is 5.43 Å². The topological polar surface area (TPSA) is 54.4 Å². The van der Waals surface area contributed by atoms with Crippen LogP contribution in [0.4, 0.5) is 0 Å². The number of nitrogens with one attached hydrogen (secondary N) is 1. The van der Waals surface area contributed by atoms with Crippen LogP contribution in [-0.4, -0.2) is 17.1 Å². The van der Waals surface area contributed by atoms with Gasteiger partial charge in [0.15, 0.2) is 0 Å². The number of carbonyl (C=O) groups is 1. The minimum Gasteiger partial charge on any atom is -0.267 e. The van der Waals surface area contributed by atoms with Crippen molar-refractivity contribution in [2.45, 2.75) is 13.8 Å². The van der Waals surface area contributed by atoms with Gasteiger partial charge in [-0.25, -0.2) is 5.43 Å². The molecule has 0 saturated heterocycles. The van der Waals surface area contributed by atoms with Gasteiger partial charge in [0, 0.05) is 23.5 Å². The highest BCUT2D eigenvalue weighted by Gasteiger charge is 2.04. The van der Waals surface area contributed by atoms with E-state index in [0.717, 1.165) is 16.7 Å². The molecule has 96 valence electrons. The predicted molar refractivity (Wildman–Crippen MR) is 75.2 cm³/mol. The number of benzene rings is 1. The summed E-state index contributed by atoms with van der Waals surface area (Å²) in [4.78, 5) is 15.8. The summed E-state index contributed by atoms with van der Waals surface area (Å²) in [5.41, 5.74) is 6.19. The summed E-state index contributed by atoms with van der Waals surface area (Å²) in [7, 11) is 0. The molecule has 0 unspecified atom stereocenters. The zero-order valence-corrected chi connectivity index (χ0v) is 10.9. The number of nitrogens with zero attached hydrogens (tertiary/aromatic N) is 2. The van der Waals surface area contributed by atoms with Gasteiger partial charge in [0.2, 0.25) is 0 Å². The molecule has 0 aliphatic carbocycles. The Hall–Kier alpha value is -2.49. The smallest absolute Gasteiger partial charge is 0.267 e. The van der Waals surface area contributed by atoms with Crippen molar-refractivity contribution in [3.05, 3.63) is 65.0 Å². The average Bonchev–Trinajstić information content (AvgIpc) is 2.43. The lowest BCUT2D eigenvalue weighted by Crippen LogP contribution is -2.17. The number of hydrogen-bond acceptors (Lipinski definition) is 3. The molecule has 0 fully saturated rings. The van der Waals surface area contributed by atoms with E-state index >= 15 is 0 Å². The molecule has 0 atom stereocenters. The second kappa shape index (κ2) is 5.91. The van der Waals surface area contributed by atoms with Gasteiger partial charge >= 0.3 is 0 Å². The van der Waals surface area contributed by atoms with E-state index in [2.05, 4.69) is 15.5 Å². The minimum absolute atomic E-state index is 0.219. The Labute approximate surface area is 112 Å². The highest BCUT2D eigenvalue weighted by Crippen LogP contribution is 2.09. The van der Waals surface area contributed by atoms with E-state index in [4.69, 9.17) is 0 Å². The first kappa shape index (κ1) is 13.0. The molecular formula is C15H15N3O. The molecule has 2 rings (SSSR count). The van der Waals surface area contributed by atoms with E-state index in [-0.39, 0.29) is 5.91 Å². The maximum Gasteiger partial charge on any atom is 0.271 e. The second-order valence-corrected chi connectivity index (χ2v) is 4.28. The fourth-order valence-corrected chi connectivity index (χ4v) is 1.56. The second-order valence-electron chi connectivity index (χ2n) is 4.28. The van der Waals surface area contributed by atoms with Crippen LogP contribution in [0.5, 0.6) is 0 Å². The van der Waals surface area contributed by atoms with Gasteiger partial charge in [-0.1, -0.05) is 12.1 Å². The van der Waals surface area contributed by atoms with Crippen LogP contribution in [0.15, 0.2) is 47.8 Å². The predicted octanol–water partition coefficient (Wildman–Crippen LogP) is 2.46. The van der Waals surface area contributed by atoms with Gasteiger partial charge in [0.25, 0.3) is 5.91 Å². The standard InChI is InChI=1S/C15H15N3O/c1-11-5-6-14(8-12(11)2)15(19)18-17-10-13-4-3-7-16-9-13/h3-10H,1-2H3,(H,18,19). The van der Waals surface area contributed by atoms with E-state index in [1.807, 2.05) is 38.1 Å². The molecule has 1 amide bonds. The fourth-order valence-electron chi connectivity index (χ4n) is 1.56. The minimum atomic E-state index is -0.219. The number of pyridine rings is 1. The van der Waals surface area contributed by atoms with Crippen LogP contribution in [0.25, 0.3) is 0 Å². The molecule has 1 aromatic heterocycles. The zero-order valence-electron chi connectivity index (χ0n) is 10.9. The number of hydrogen-bond donors (Lipinski definition) is 1. The molecule has 1 heterocycles. The Morgan fingerprint density at radius 3 is 2.79 bits per heavy atom. The van der Waals surface area contributed by atoms with Crippen molar-refractivity contribution >= 4 is 12.1 Å². The number of rotatable bonds is 3. The molecule has 19 heavy (non-hydrogen) atoms. The summed E-state index contributed by atoms with van der Waals surface area (Å²) in [6.07, 6.45) is 4.92. The summed E-state index contributed by atoms with van der Waals surface area (Å²) in [6, 6.07) is 9.24. The number of aryl methyl sites for hydroxylation is 2. The number of carbonyl (C=O) groups excluding carboxylic acids is 1. The monoisotopic (exact) mass is 253 g/mol. The lowest BCUT2D eigenvalue weighted by Gasteiger charge is -2.03. The van der Waals surface area contributed by atoms with Gasteiger partial charge < -0.3 is 0 Å². The molecule has 4 nitrogen and oxygen atoms in total. The molecule has 4 heteroatoms. The van der Waals surface area contributed by atoms with Crippen LogP contribution in [0.1, 0.15) is 27.0 Å². The van der Waals surface area contributed by atoms with Gasteiger partial charge in [0.05, 0.1) is 6.21 Å². The number of amides is 1. The van der Waals surface area contributed by atoms with Crippen molar-refractivity contribution in [2.75, 3.05) is 0 Å². The average molecular weight is 253 g/mol. The van der Waals surface area contributed by atoms with Crippen molar-refractivity contribution < 1.29 is 4.79 Å². The van der Waals surface area contributed by atoms with Gasteiger partial charge in [-0.15, -0.1) is 0 Å². The Morgan fingerprint density at radius 1 is 1.26 bits per heavy atom. The SMILES string of the molecule is Cc1ccc(C(=O)NN=Cc2cccnc2)cc1C. The van der Waals surface area contributed by atoms with Gasteiger partial charge in [0.1, 0.15) is 0 Å². The third-order valence-corrected chi connectivity index (χ3v) is 2.83. The van der Waals surface area contributed by atoms with E-state index in [1.165, 1.54) is 0 Å². The van der Waals surface area contributed by atoms with Gasteiger partial charge in [-0.05, 0) is 43.2 Å². The fraction of sp³-hybridized carbons (Fsp3) is 0.133. The Balaban J connectivity index is 2.01. The van der Waals surface area contributed by atoms with Crippen LogP contribution in [-0.2, 0) is 0 Å². The summed E-state index contributed by atoms with van der Waals surface area (Å²) < 4.78 is 0. The van der Waals surface area contributed by atoms with Crippen LogP contribution in [0.2, 0.25) is 0 Å².